The van der Waals surface area contributed by atoms with E-state index in [9.17, 15) is 0 Å². The molecule has 0 unspecified atom stereocenters. The van der Waals surface area contributed by atoms with Crippen LogP contribution in [0.3, 0.4) is 0 Å². The van der Waals surface area contributed by atoms with Crippen molar-refractivity contribution in [3.8, 4) is 11.5 Å². The van der Waals surface area contributed by atoms with Crippen molar-refractivity contribution in [3.05, 3.63) is 96.1 Å². The molecule has 0 aromatic heterocycles. The Morgan fingerprint density at radius 1 is 0.844 bits per heavy atom. The lowest BCUT2D eigenvalue weighted by Crippen LogP contribution is -2.27. The number of ether oxygens (including phenoxy) is 4. The van der Waals surface area contributed by atoms with Crippen molar-refractivity contribution in [1.29, 1.82) is 0 Å². The van der Waals surface area contributed by atoms with Crippen molar-refractivity contribution in [2.24, 2.45) is 0 Å². The van der Waals surface area contributed by atoms with Crippen LogP contribution in [0.4, 0.5) is 0 Å². The largest absolute Gasteiger partial charge is 0.493 e. The van der Waals surface area contributed by atoms with Crippen molar-refractivity contribution in [2.45, 2.75) is 24.7 Å². The van der Waals surface area contributed by atoms with Crippen LogP contribution in [0, 0.1) is 0 Å². The molecule has 32 heavy (non-hydrogen) atoms. The van der Waals surface area contributed by atoms with E-state index in [0.717, 1.165) is 31.0 Å². The highest BCUT2D eigenvalue weighted by Gasteiger charge is 2.34. The lowest BCUT2D eigenvalue weighted by molar-refractivity contribution is -0.0681. The second-order valence-corrected chi connectivity index (χ2v) is 7.80. The molecule has 0 amide bonds. The fourth-order valence-corrected chi connectivity index (χ4v) is 3.98. The fraction of sp³-hybridized carbons (Fsp3) is 0.333. The van der Waals surface area contributed by atoms with Gasteiger partial charge in [0, 0.05) is 6.54 Å². The number of methoxy groups -OCH3 is 1. The van der Waals surface area contributed by atoms with Gasteiger partial charge in [-0.05, 0) is 36.2 Å². The first kappa shape index (κ1) is 22.3. The molecule has 0 bridgehead atoms. The lowest BCUT2D eigenvalue weighted by Gasteiger charge is -2.24. The molecule has 4 rings (SSSR count). The van der Waals surface area contributed by atoms with E-state index in [1.54, 1.807) is 7.11 Å². The van der Waals surface area contributed by atoms with Crippen molar-refractivity contribution in [1.82, 2.24) is 5.32 Å². The predicted molar refractivity (Wildman–Crippen MR) is 125 cm³/mol. The molecule has 3 aromatic rings. The number of rotatable bonds is 11. The summed E-state index contributed by atoms with van der Waals surface area (Å²) in [6.07, 6.45) is 0.692. The summed E-state index contributed by atoms with van der Waals surface area (Å²) in [7, 11) is 1.65. The minimum Gasteiger partial charge on any atom is -0.493 e. The van der Waals surface area contributed by atoms with E-state index in [4.69, 9.17) is 18.9 Å². The first-order valence-corrected chi connectivity index (χ1v) is 11.2. The van der Waals surface area contributed by atoms with Crippen LogP contribution in [0.2, 0.25) is 0 Å². The monoisotopic (exact) mass is 433 g/mol. The molecule has 5 nitrogen and oxygen atoms in total. The molecule has 0 spiro atoms. The molecule has 1 aliphatic heterocycles. The van der Waals surface area contributed by atoms with Gasteiger partial charge in [-0.25, -0.2) is 0 Å². The van der Waals surface area contributed by atoms with Crippen LogP contribution in [0.25, 0.3) is 0 Å². The Morgan fingerprint density at radius 2 is 1.47 bits per heavy atom. The third-order valence-electron chi connectivity index (χ3n) is 5.61. The molecule has 1 saturated heterocycles. The van der Waals surface area contributed by atoms with Gasteiger partial charge in [0.1, 0.15) is 6.61 Å². The Kier molecular flexibility index (Phi) is 8.15. The zero-order valence-corrected chi connectivity index (χ0v) is 18.5. The Hall–Kier alpha value is -2.86. The Bertz CT molecular complexity index is 895. The van der Waals surface area contributed by atoms with Crippen LogP contribution in [0.5, 0.6) is 11.5 Å². The maximum absolute atomic E-state index is 6.33. The smallest absolute Gasteiger partial charge is 0.169 e. The lowest BCUT2D eigenvalue weighted by atomic mass is 9.91. The summed E-state index contributed by atoms with van der Waals surface area (Å²) in [5, 5.41) is 3.43. The number of hydrogen-bond acceptors (Lipinski definition) is 5. The first-order valence-electron chi connectivity index (χ1n) is 11.2. The standard InChI is InChI=1S/C27H31NO4/c1-29-24-14-8-9-15-25(24)30-19-18-28-17-16-23-20-31-27(32-23)26(21-10-4-2-5-11-21)22-12-6-3-7-13-22/h2-15,23,26-28H,16-20H2,1H3/t23-,27+/m1/s1. The average molecular weight is 434 g/mol. The molecule has 1 fully saturated rings. The van der Waals surface area contributed by atoms with Gasteiger partial charge >= 0.3 is 0 Å². The highest BCUT2D eigenvalue weighted by molar-refractivity contribution is 5.39. The van der Waals surface area contributed by atoms with Crippen molar-refractivity contribution >= 4 is 0 Å². The number of para-hydroxylation sites is 2. The quantitative estimate of drug-likeness (QED) is 0.447. The SMILES string of the molecule is COc1ccccc1OCCNCC[C@@H]1CO[C@H](C(c2ccccc2)c2ccccc2)O1. The highest BCUT2D eigenvalue weighted by atomic mass is 16.7. The Balaban J connectivity index is 1.23. The van der Waals surface area contributed by atoms with E-state index in [0.29, 0.717) is 13.2 Å². The predicted octanol–water partition coefficient (Wildman–Crippen LogP) is 4.63. The number of nitrogens with one attached hydrogen (secondary N) is 1. The summed E-state index contributed by atoms with van der Waals surface area (Å²) in [5.41, 5.74) is 2.41. The molecule has 1 N–H and O–H groups in total. The van der Waals surface area contributed by atoms with E-state index in [1.807, 2.05) is 36.4 Å². The third-order valence-corrected chi connectivity index (χ3v) is 5.61. The van der Waals surface area contributed by atoms with Crippen LogP contribution in [0.15, 0.2) is 84.9 Å². The Morgan fingerprint density at radius 3 is 2.12 bits per heavy atom. The van der Waals surface area contributed by atoms with Gasteiger partial charge in [-0.1, -0.05) is 72.8 Å². The summed E-state index contributed by atoms with van der Waals surface area (Å²) in [6.45, 7) is 2.79. The summed E-state index contributed by atoms with van der Waals surface area (Å²) in [6, 6.07) is 28.6. The molecular formula is C27H31NO4. The molecule has 168 valence electrons. The van der Waals surface area contributed by atoms with Gasteiger partial charge in [0.25, 0.3) is 0 Å². The van der Waals surface area contributed by atoms with Crippen molar-refractivity contribution < 1.29 is 18.9 Å². The molecule has 0 aliphatic carbocycles. The molecule has 1 aliphatic rings. The van der Waals surface area contributed by atoms with Crippen LogP contribution in [-0.2, 0) is 9.47 Å². The van der Waals surface area contributed by atoms with Crippen molar-refractivity contribution in [2.75, 3.05) is 33.4 Å². The molecule has 3 aromatic carbocycles. The molecule has 1 heterocycles. The molecule has 2 atom stereocenters. The van der Waals surface area contributed by atoms with Gasteiger partial charge in [0.2, 0.25) is 0 Å². The number of benzene rings is 3. The molecular weight excluding hydrogens is 402 g/mol. The van der Waals surface area contributed by atoms with Gasteiger partial charge in [-0.15, -0.1) is 0 Å². The minimum absolute atomic E-state index is 0.0598. The third kappa shape index (κ3) is 5.88. The molecule has 5 heteroatoms. The minimum atomic E-state index is -0.279. The zero-order valence-electron chi connectivity index (χ0n) is 18.5. The molecule has 0 radical (unpaired) electrons. The van der Waals surface area contributed by atoms with Crippen LogP contribution >= 0.6 is 0 Å². The van der Waals surface area contributed by atoms with Gasteiger partial charge in [0.05, 0.1) is 25.7 Å². The average Bonchev–Trinajstić information content (AvgIpc) is 3.31. The van der Waals surface area contributed by atoms with Gasteiger partial charge in [0.15, 0.2) is 17.8 Å². The second kappa shape index (κ2) is 11.7. The van der Waals surface area contributed by atoms with E-state index < -0.39 is 0 Å². The van der Waals surface area contributed by atoms with E-state index >= 15 is 0 Å². The van der Waals surface area contributed by atoms with Gasteiger partial charge in [-0.3, -0.25) is 0 Å². The number of hydrogen-bond donors (Lipinski definition) is 1. The maximum atomic E-state index is 6.33. The summed E-state index contributed by atoms with van der Waals surface area (Å²) in [4.78, 5) is 0. The van der Waals surface area contributed by atoms with Gasteiger partial charge in [-0.2, -0.15) is 0 Å². The van der Waals surface area contributed by atoms with Crippen LogP contribution in [-0.4, -0.2) is 45.8 Å². The zero-order chi connectivity index (χ0) is 22.0. The first-order chi connectivity index (χ1) is 15.8. The fourth-order valence-electron chi connectivity index (χ4n) is 3.98. The second-order valence-electron chi connectivity index (χ2n) is 7.80. The Labute approximate surface area is 190 Å². The molecule has 0 saturated carbocycles. The summed E-state index contributed by atoms with van der Waals surface area (Å²) >= 11 is 0. The van der Waals surface area contributed by atoms with Crippen LogP contribution in [0.1, 0.15) is 23.5 Å². The summed E-state index contributed by atoms with van der Waals surface area (Å²) in [5.74, 6) is 1.58. The van der Waals surface area contributed by atoms with Crippen LogP contribution < -0.4 is 14.8 Å². The van der Waals surface area contributed by atoms with E-state index in [-0.39, 0.29) is 18.3 Å². The van der Waals surface area contributed by atoms with Gasteiger partial charge < -0.3 is 24.3 Å². The van der Waals surface area contributed by atoms with E-state index in [2.05, 4.69) is 53.8 Å². The normalized spacial score (nSPS) is 18.1. The highest BCUT2D eigenvalue weighted by Crippen LogP contribution is 2.34. The van der Waals surface area contributed by atoms with Crippen molar-refractivity contribution in [3.63, 3.8) is 0 Å². The summed E-state index contributed by atoms with van der Waals surface area (Å²) < 4.78 is 23.5. The van der Waals surface area contributed by atoms with E-state index in [1.165, 1.54) is 11.1 Å². The maximum Gasteiger partial charge on any atom is 0.169 e. The topological polar surface area (TPSA) is 49.0 Å².